The van der Waals surface area contributed by atoms with Crippen molar-refractivity contribution in [2.75, 3.05) is 13.1 Å². The second-order valence-electron chi connectivity index (χ2n) is 7.51. The van der Waals surface area contributed by atoms with Crippen LogP contribution in [0.15, 0.2) is 42.6 Å². The van der Waals surface area contributed by atoms with Crippen LogP contribution in [0, 0.1) is 5.82 Å². The number of rotatable bonds is 5. The van der Waals surface area contributed by atoms with Gasteiger partial charge in [0.05, 0.1) is 23.9 Å². The van der Waals surface area contributed by atoms with Gasteiger partial charge in [0.1, 0.15) is 22.7 Å². The summed E-state index contributed by atoms with van der Waals surface area (Å²) < 4.78 is 13.3. The van der Waals surface area contributed by atoms with Gasteiger partial charge in [0.25, 0.3) is 5.91 Å². The summed E-state index contributed by atoms with van der Waals surface area (Å²) in [5.41, 5.74) is 1.48. The highest BCUT2D eigenvalue weighted by molar-refractivity contribution is 6.30. The van der Waals surface area contributed by atoms with Crippen molar-refractivity contribution < 1.29 is 24.2 Å². The summed E-state index contributed by atoms with van der Waals surface area (Å²) in [6.45, 7) is -0.0707. The lowest BCUT2D eigenvalue weighted by Crippen LogP contribution is -2.49. The molecule has 0 aliphatic carbocycles. The van der Waals surface area contributed by atoms with Crippen LogP contribution in [0.4, 0.5) is 4.39 Å². The number of nitrogens with one attached hydrogen (secondary N) is 2. The average Bonchev–Trinajstić information content (AvgIpc) is 3.31. The Balaban J connectivity index is 1.57. The van der Waals surface area contributed by atoms with Gasteiger partial charge < -0.3 is 25.4 Å². The number of pyridine rings is 1. The lowest BCUT2D eigenvalue weighted by molar-refractivity contribution is -0.132. The van der Waals surface area contributed by atoms with Gasteiger partial charge in [0.15, 0.2) is 0 Å². The van der Waals surface area contributed by atoms with Gasteiger partial charge in [-0.25, -0.2) is 9.37 Å². The maximum absolute atomic E-state index is 13.3. The lowest BCUT2D eigenvalue weighted by atomic mass is 10.0. The van der Waals surface area contributed by atoms with Crippen LogP contribution in [-0.4, -0.2) is 68.2 Å². The number of aliphatic hydroxyl groups is 2. The van der Waals surface area contributed by atoms with Crippen molar-refractivity contribution in [1.82, 2.24) is 20.2 Å². The molecule has 0 spiro atoms. The minimum Gasteiger partial charge on any atom is -0.388 e. The number of carbonyl (C=O) groups excluding carboxylic acids is 2. The Hall–Kier alpha value is -3.01. The van der Waals surface area contributed by atoms with Gasteiger partial charge in [0, 0.05) is 24.9 Å². The average molecular weight is 447 g/mol. The highest BCUT2D eigenvalue weighted by Crippen LogP contribution is 2.19. The smallest absolute Gasteiger partial charge is 0.268 e. The SMILES string of the molecule is O=C(N[C@@H](Cc1ccc(F)cc1)C(=O)N1CC(O)[C@@H](O)C1)c1cc2cc(Cl)ncc2[nH]1. The van der Waals surface area contributed by atoms with Gasteiger partial charge in [-0.3, -0.25) is 9.59 Å². The third-order valence-corrected chi connectivity index (χ3v) is 5.45. The highest BCUT2D eigenvalue weighted by atomic mass is 35.5. The number of aromatic amines is 1. The standard InChI is InChI=1S/C21H20ClFN4O4/c22-19-7-12-6-14(25-16(12)8-24-19)20(30)26-15(5-11-1-3-13(23)4-2-11)21(31)27-9-17(28)18(29)10-27/h1-4,6-8,15,17-18,25,28-29H,5,9-10H2,(H,26,30)/t15-,17-,18?/m0/s1. The van der Waals surface area contributed by atoms with Crippen LogP contribution in [0.2, 0.25) is 5.15 Å². The summed E-state index contributed by atoms with van der Waals surface area (Å²) in [7, 11) is 0. The van der Waals surface area contributed by atoms with Crippen molar-refractivity contribution in [2.24, 2.45) is 0 Å². The van der Waals surface area contributed by atoms with Crippen molar-refractivity contribution >= 4 is 34.3 Å². The Morgan fingerprint density at radius 2 is 1.90 bits per heavy atom. The van der Waals surface area contributed by atoms with Crippen molar-refractivity contribution in [1.29, 1.82) is 0 Å². The molecule has 1 aliphatic heterocycles. The molecule has 8 nitrogen and oxygen atoms in total. The molecule has 1 aromatic carbocycles. The summed E-state index contributed by atoms with van der Waals surface area (Å²) in [5.74, 6) is -1.38. The normalized spacial score (nSPS) is 19.5. The zero-order valence-corrected chi connectivity index (χ0v) is 17.0. The minimum absolute atomic E-state index is 0.0354. The summed E-state index contributed by atoms with van der Waals surface area (Å²) in [6, 6.07) is 7.84. The molecule has 4 rings (SSSR count). The largest absolute Gasteiger partial charge is 0.388 e. The van der Waals surface area contributed by atoms with E-state index in [4.69, 9.17) is 11.6 Å². The summed E-state index contributed by atoms with van der Waals surface area (Å²) >= 11 is 5.89. The van der Waals surface area contributed by atoms with Crippen LogP contribution in [0.1, 0.15) is 16.1 Å². The van der Waals surface area contributed by atoms with E-state index in [9.17, 15) is 24.2 Å². The number of nitrogens with zero attached hydrogens (tertiary/aromatic N) is 2. The number of benzene rings is 1. The van der Waals surface area contributed by atoms with E-state index >= 15 is 0 Å². The number of amides is 2. The monoisotopic (exact) mass is 446 g/mol. The fourth-order valence-corrected chi connectivity index (χ4v) is 3.76. The molecule has 31 heavy (non-hydrogen) atoms. The van der Waals surface area contributed by atoms with Gasteiger partial charge in [-0.1, -0.05) is 23.7 Å². The number of H-pyrrole nitrogens is 1. The molecule has 1 saturated heterocycles. The predicted molar refractivity (Wildman–Crippen MR) is 111 cm³/mol. The summed E-state index contributed by atoms with van der Waals surface area (Å²) in [4.78, 5) is 34.1. The van der Waals surface area contributed by atoms with E-state index in [0.717, 1.165) is 0 Å². The fraction of sp³-hybridized carbons (Fsp3) is 0.286. The van der Waals surface area contributed by atoms with Gasteiger partial charge in [0.2, 0.25) is 5.91 Å². The molecular weight excluding hydrogens is 427 g/mol. The maximum atomic E-state index is 13.3. The van der Waals surface area contributed by atoms with E-state index in [1.807, 2.05) is 0 Å². The summed E-state index contributed by atoms with van der Waals surface area (Å²) in [5, 5.41) is 23.3. The number of aromatic nitrogens is 2. The molecule has 1 aliphatic rings. The van der Waals surface area contributed by atoms with Gasteiger partial charge in [-0.05, 0) is 29.8 Å². The number of halogens is 2. The van der Waals surface area contributed by atoms with Gasteiger partial charge >= 0.3 is 0 Å². The van der Waals surface area contributed by atoms with Crippen molar-refractivity contribution in [3.63, 3.8) is 0 Å². The molecule has 162 valence electrons. The first-order valence-electron chi connectivity index (χ1n) is 9.64. The van der Waals surface area contributed by atoms with Crippen LogP contribution >= 0.6 is 11.6 Å². The molecule has 2 aromatic heterocycles. The van der Waals surface area contributed by atoms with Crippen molar-refractivity contribution in [3.8, 4) is 0 Å². The molecule has 3 aromatic rings. The Morgan fingerprint density at radius 3 is 2.58 bits per heavy atom. The molecule has 4 N–H and O–H groups in total. The molecule has 3 atom stereocenters. The van der Waals surface area contributed by atoms with Crippen molar-refractivity contribution in [3.05, 3.63) is 64.8 Å². The fourth-order valence-electron chi connectivity index (χ4n) is 3.59. The van der Waals surface area contributed by atoms with E-state index in [1.54, 1.807) is 12.1 Å². The number of fused-ring (bicyclic) bond motifs is 1. The molecule has 0 saturated carbocycles. The van der Waals surface area contributed by atoms with Crippen LogP contribution in [0.25, 0.3) is 10.9 Å². The number of aliphatic hydroxyl groups excluding tert-OH is 2. The molecule has 2 amide bonds. The van der Waals surface area contributed by atoms with Crippen LogP contribution in [0.3, 0.4) is 0 Å². The molecular formula is C21H20ClFN4O4. The molecule has 1 unspecified atom stereocenters. The Morgan fingerprint density at radius 1 is 1.23 bits per heavy atom. The molecule has 0 bridgehead atoms. The molecule has 3 heterocycles. The van der Waals surface area contributed by atoms with E-state index in [0.29, 0.717) is 16.5 Å². The Labute approximate surface area is 181 Å². The maximum Gasteiger partial charge on any atom is 0.268 e. The van der Waals surface area contributed by atoms with Crippen LogP contribution < -0.4 is 5.32 Å². The zero-order chi connectivity index (χ0) is 22.1. The first-order chi connectivity index (χ1) is 14.8. The quantitative estimate of drug-likeness (QED) is 0.440. The van der Waals surface area contributed by atoms with Gasteiger partial charge in [-0.2, -0.15) is 0 Å². The van der Waals surface area contributed by atoms with E-state index in [1.165, 1.54) is 35.4 Å². The summed E-state index contributed by atoms with van der Waals surface area (Å²) in [6.07, 6.45) is -0.474. The van der Waals surface area contributed by atoms with Crippen LogP contribution in [0.5, 0.6) is 0 Å². The lowest BCUT2D eigenvalue weighted by Gasteiger charge is -2.24. The predicted octanol–water partition coefficient (Wildman–Crippen LogP) is 1.26. The number of carbonyl (C=O) groups is 2. The first kappa shape index (κ1) is 21.2. The van der Waals surface area contributed by atoms with E-state index in [2.05, 4.69) is 15.3 Å². The van der Waals surface area contributed by atoms with Crippen LogP contribution in [-0.2, 0) is 11.2 Å². The molecule has 1 fully saturated rings. The number of hydrogen-bond acceptors (Lipinski definition) is 5. The molecule has 10 heteroatoms. The first-order valence-corrected chi connectivity index (χ1v) is 10.0. The highest BCUT2D eigenvalue weighted by Gasteiger charge is 2.36. The van der Waals surface area contributed by atoms with E-state index < -0.39 is 35.9 Å². The van der Waals surface area contributed by atoms with Crippen molar-refractivity contribution in [2.45, 2.75) is 24.7 Å². The Kier molecular flexibility index (Phi) is 5.90. The number of likely N-dealkylation sites (tertiary alicyclic amines) is 1. The van der Waals surface area contributed by atoms with E-state index in [-0.39, 0.29) is 30.4 Å². The third-order valence-electron chi connectivity index (χ3n) is 5.24. The minimum atomic E-state index is -1.04. The second kappa shape index (κ2) is 8.62. The zero-order valence-electron chi connectivity index (χ0n) is 16.3. The topological polar surface area (TPSA) is 119 Å². The van der Waals surface area contributed by atoms with Gasteiger partial charge in [-0.15, -0.1) is 0 Å². The molecule has 0 radical (unpaired) electrons. The number of β-amino-alcohol motifs (C(OH)–C–C–N with tert-alkyl or cyclic N) is 2. The Bertz CT molecular complexity index is 1110. The third kappa shape index (κ3) is 4.68. The second-order valence-corrected chi connectivity index (χ2v) is 7.90. The number of hydrogen-bond donors (Lipinski definition) is 4.